The topological polar surface area (TPSA) is 87.4 Å². The van der Waals surface area contributed by atoms with Gasteiger partial charge in [0, 0.05) is 30.8 Å². The van der Waals surface area contributed by atoms with E-state index in [-0.39, 0.29) is 11.8 Å². The highest BCUT2D eigenvalue weighted by atomic mass is 16.4. The number of aromatic hydroxyl groups is 1. The predicted molar refractivity (Wildman–Crippen MR) is 73.8 cm³/mol. The largest absolute Gasteiger partial charge is 0.508 e. The number of rotatable bonds is 5. The van der Waals surface area contributed by atoms with Crippen LogP contribution in [0.3, 0.4) is 0 Å². The van der Waals surface area contributed by atoms with Gasteiger partial charge in [-0.2, -0.15) is 0 Å². The Kier molecular flexibility index (Phi) is 4.37. The lowest BCUT2D eigenvalue weighted by atomic mass is 10.1. The van der Waals surface area contributed by atoms with Crippen molar-refractivity contribution in [2.45, 2.75) is 25.9 Å². The van der Waals surface area contributed by atoms with Gasteiger partial charge in [-0.25, -0.2) is 14.3 Å². The van der Waals surface area contributed by atoms with E-state index in [0.717, 1.165) is 10.1 Å². The van der Waals surface area contributed by atoms with Crippen molar-refractivity contribution in [1.82, 2.24) is 14.9 Å². The summed E-state index contributed by atoms with van der Waals surface area (Å²) in [7, 11) is 0. The highest BCUT2D eigenvalue weighted by Crippen LogP contribution is 2.15. The monoisotopic (exact) mass is 275 g/mol. The second-order valence-corrected chi connectivity index (χ2v) is 4.67. The minimum atomic E-state index is -1.04. The normalized spacial score (nSPS) is 12.2. The van der Waals surface area contributed by atoms with Crippen molar-refractivity contribution >= 4 is 6.09 Å². The minimum Gasteiger partial charge on any atom is -0.508 e. The molecule has 0 aliphatic heterocycles. The summed E-state index contributed by atoms with van der Waals surface area (Å²) >= 11 is 0. The summed E-state index contributed by atoms with van der Waals surface area (Å²) in [6.07, 6.45) is 2.36. The molecule has 2 aromatic rings. The standard InChI is InChI=1S/C14H17N3O3/c1-10(6-12-8-17(9-16-12)14(19)20)15-7-11-4-2-3-5-13(11)18/h2-5,8-10,15,18H,6-7H2,1H3,(H,19,20)/t10-/m1/s1. The van der Waals surface area contributed by atoms with E-state index in [2.05, 4.69) is 10.3 Å². The molecule has 6 nitrogen and oxygen atoms in total. The minimum absolute atomic E-state index is 0.117. The van der Waals surface area contributed by atoms with Gasteiger partial charge in [-0.05, 0) is 13.0 Å². The number of nitrogens with zero attached hydrogens (tertiary/aromatic N) is 2. The molecule has 1 atom stereocenters. The maximum atomic E-state index is 10.7. The molecule has 2 rings (SSSR count). The second kappa shape index (κ2) is 6.21. The van der Waals surface area contributed by atoms with Gasteiger partial charge in [0.2, 0.25) is 0 Å². The molecule has 20 heavy (non-hydrogen) atoms. The Morgan fingerprint density at radius 1 is 1.45 bits per heavy atom. The van der Waals surface area contributed by atoms with Crippen LogP contribution >= 0.6 is 0 Å². The first-order valence-corrected chi connectivity index (χ1v) is 6.32. The SMILES string of the molecule is C[C@H](Cc1cn(C(=O)O)cn1)NCc1ccccc1O. The summed E-state index contributed by atoms with van der Waals surface area (Å²) in [5.41, 5.74) is 1.54. The van der Waals surface area contributed by atoms with Crippen molar-refractivity contribution in [3.8, 4) is 5.75 Å². The number of aromatic nitrogens is 2. The van der Waals surface area contributed by atoms with Crippen LogP contribution in [0.15, 0.2) is 36.8 Å². The number of carbonyl (C=O) groups is 1. The summed E-state index contributed by atoms with van der Waals surface area (Å²) < 4.78 is 1.03. The Labute approximate surface area is 116 Å². The Balaban J connectivity index is 1.87. The molecule has 0 amide bonds. The summed E-state index contributed by atoms with van der Waals surface area (Å²) in [4.78, 5) is 14.8. The van der Waals surface area contributed by atoms with Crippen LogP contribution in [0.4, 0.5) is 4.79 Å². The van der Waals surface area contributed by atoms with Crippen LogP contribution < -0.4 is 5.32 Å². The molecule has 1 aromatic heterocycles. The number of carboxylic acid groups (broad SMARTS) is 1. The fourth-order valence-electron chi connectivity index (χ4n) is 1.90. The van der Waals surface area contributed by atoms with Gasteiger partial charge >= 0.3 is 6.09 Å². The predicted octanol–water partition coefficient (Wildman–Crippen LogP) is 1.84. The molecule has 0 bridgehead atoms. The summed E-state index contributed by atoms with van der Waals surface area (Å²) in [5.74, 6) is 0.266. The van der Waals surface area contributed by atoms with Gasteiger partial charge in [0.15, 0.2) is 0 Å². The van der Waals surface area contributed by atoms with Crippen LogP contribution in [-0.2, 0) is 13.0 Å². The number of phenolic OH excluding ortho intramolecular Hbond substituents is 1. The number of hydrogen-bond acceptors (Lipinski definition) is 4. The quantitative estimate of drug-likeness (QED) is 0.775. The molecule has 0 saturated carbocycles. The van der Waals surface area contributed by atoms with Gasteiger partial charge in [0.05, 0.1) is 5.69 Å². The van der Waals surface area contributed by atoms with Gasteiger partial charge in [-0.1, -0.05) is 18.2 Å². The zero-order valence-electron chi connectivity index (χ0n) is 11.2. The number of imidazole rings is 1. The third kappa shape index (κ3) is 3.58. The Hall–Kier alpha value is -2.34. The zero-order chi connectivity index (χ0) is 14.5. The number of nitrogens with one attached hydrogen (secondary N) is 1. The van der Waals surface area contributed by atoms with E-state index in [1.165, 1.54) is 12.5 Å². The van der Waals surface area contributed by atoms with Crippen LogP contribution in [0.25, 0.3) is 0 Å². The van der Waals surface area contributed by atoms with Crippen LogP contribution in [-0.4, -0.2) is 31.9 Å². The summed E-state index contributed by atoms with van der Waals surface area (Å²) in [5, 5.41) is 21.7. The molecular weight excluding hydrogens is 258 g/mol. The maximum absolute atomic E-state index is 10.7. The zero-order valence-corrected chi connectivity index (χ0v) is 11.2. The molecule has 106 valence electrons. The van der Waals surface area contributed by atoms with Crippen molar-refractivity contribution in [1.29, 1.82) is 0 Å². The Morgan fingerprint density at radius 2 is 2.20 bits per heavy atom. The van der Waals surface area contributed by atoms with Gasteiger partial charge < -0.3 is 15.5 Å². The average molecular weight is 275 g/mol. The van der Waals surface area contributed by atoms with E-state index < -0.39 is 6.09 Å². The molecule has 3 N–H and O–H groups in total. The second-order valence-electron chi connectivity index (χ2n) is 4.67. The van der Waals surface area contributed by atoms with Crippen LogP contribution in [0, 0.1) is 0 Å². The van der Waals surface area contributed by atoms with E-state index in [1.807, 2.05) is 19.1 Å². The van der Waals surface area contributed by atoms with Crippen molar-refractivity contribution in [2.75, 3.05) is 0 Å². The van der Waals surface area contributed by atoms with E-state index in [0.29, 0.717) is 18.7 Å². The van der Waals surface area contributed by atoms with Gasteiger partial charge in [-0.3, -0.25) is 0 Å². The molecule has 1 heterocycles. The maximum Gasteiger partial charge on any atom is 0.416 e. The van der Waals surface area contributed by atoms with Gasteiger partial charge in [0.1, 0.15) is 12.1 Å². The lowest BCUT2D eigenvalue weighted by Gasteiger charge is -2.13. The van der Waals surface area contributed by atoms with Crippen molar-refractivity contribution in [3.63, 3.8) is 0 Å². The van der Waals surface area contributed by atoms with Crippen LogP contribution in [0.2, 0.25) is 0 Å². The molecule has 0 spiro atoms. The van der Waals surface area contributed by atoms with E-state index in [9.17, 15) is 9.90 Å². The highest BCUT2D eigenvalue weighted by Gasteiger charge is 2.09. The molecule has 0 aliphatic rings. The molecule has 0 aliphatic carbocycles. The van der Waals surface area contributed by atoms with Crippen LogP contribution in [0.1, 0.15) is 18.2 Å². The first-order valence-electron chi connectivity index (χ1n) is 6.32. The molecule has 1 aromatic carbocycles. The van der Waals surface area contributed by atoms with E-state index in [1.54, 1.807) is 12.1 Å². The molecule has 6 heteroatoms. The lowest BCUT2D eigenvalue weighted by molar-refractivity contribution is 0.196. The first kappa shape index (κ1) is 14.1. The number of phenols is 1. The number of para-hydroxylation sites is 1. The molecule has 0 unspecified atom stereocenters. The summed E-state index contributed by atoms with van der Waals surface area (Å²) in [6, 6.07) is 7.27. The van der Waals surface area contributed by atoms with Crippen molar-refractivity contribution in [3.05, 3.63) is 48.0 Å². The Morgan fingerprint density at radius 3 is 2.85 bits per heavy atom. The average Bonchev–Trinajstić information content (AvgIpc) is 2.86. The van der Waals surface area contributed by atoms with E-state index in [4.69, 9.17) is 5.11 Å². The number of hydrogen-bond donors (Lipinski definition) is 3. The molecular formula is C14H17N3O3. The summed E-state index contributed by atoms with van der Waals surface area (Å²) in [6.45, 7) is 2.53. The third-order valence-electron chi connectivity index (χ3n) is 3.00. The highest BCUT2D eigenvalue weighted by molar-refractivity contribution is 5.67. The molecule has 0 fully saturated rings. The lowest BCUT2D eigenvalue weighted by Crippen LogP contribution is -2.27. The fourth-order valence-corrected chi connectivity index (χ4v) is 1.90. The van der Waals surface area contributed by atoms with Gasteiger partial charge in [-0.15, -0.1) is 0 Å². The van der Waals surface area contributed by atoms with Crippen molar-refractivity contribution in [2.24, 2.45) is 0 Å². The molecule has 0 radical (unpaired) electrons. The first-order chi connectivity index (χ1) is 9.56. The van der Waals surface area contributed by atoms with Gasteiger partial charge in [0.25, 0.3) is 0 Å². The smallest absolute Gasteiger partial charge is 0.416 e. The fraction of sp³-hybridized carbons (Fsp3) is 0.286. The Bertz CT molecular complexity index is 595. The van der Waals surface area contributed by atoms with Crippen molar-refractivity contribution < 1.29 is 15.0 Å². The van der Waals surface area contributed by atoms with Crippen LogP contribution in [0.5, 0.6) is 5.75 Å². The van der Waals surface area contributed by atoms with E-state index >= 15 is 0 Å². The number of benzene rings is 1. The third-order valence-corrected chi connectivity index (χ3v) is 3.00. The molecule has 0 saturated heterocycles.